The minimum atomic E-state index is 0.391. The van der Waals surface area contributed by atoms with Crippen LogP contribution < -0.4 is 4.74 Å². The normalized spacial score (nSPS) is 11.4. The molecule has 0 amide bonds. The molecule has 0 spiro atoms. The Bertz CT molecular complexity index is 581. The summed E-state index contributed by atoms with van der Waals surface area (Å²) in [7, 11) is 0. The maximum absolute atomic E-state index is 8.73. The van der Waals surface area contributed by atoms with Crippen molar-refractivity contribution in [1.29, 1.82) is 0 Å². The van der Waals surface area contributed by atoms with Crippen molar-refractivity contribution in [3.63, 3.8) is 0 Å². The minimum Gasteiger partial charge on any atom is -0.494 e. The van der Waals surface area contributed by atoms with Gasteiger partial charge in [-0.2, -0.15) is 5.10 Å². The highest BCUT2D eigenvalue weighted by Gasteiger charge is 2.06. The van der Waals surface area contributed by atoms with Crippen LogP contribution in [-0.4, -0.2) is 32.7 Å². The van der Waals surface area contributed by atoms with E-state index in [1.807, 2.05) is 31.2 Å². The Hall–Kier alpha value is -2.50. The lowest BCUT2D eigenvalue weighted by atomic mass is 10.2. The molecule has 0 bridgehead atoms. The molecule has 2 rings (SSSR count). The van der Waals surface area contributed by atoms with Crippen molar-refractivity contribution in [2.75, 3.05) is 6.61 Å². The van der Waals surface area contributed by atoms with Crippen molar-refractivity contribution in [2.24, 2.45) is 5.16 Å². The highest BCUT2D eigenvalue weighted by molar-refractivity contribution is 5.96. The molecule has 1 aromatic carbocycles. The summed E-state index contributed by atoms with van der Waals surface area (Å²) in [6, 6.07) is 7.41. The second kappa shape index (κ2) is 5.90. The van der Waals surface area contributed by atoms with E-state index in [2.05, 4.69) is 20.3 Å². The van der Waals surface area contributed by atoms with E-state index < -0.39 is 0 Å². The van der Waals surface area contributed by atoms with Crippen molar-refractivity contribution < 1.29 is 9.94 Å². The first-order chi connectivity index (χ1) is 9.24. The zero-order valence-electron chi connectivity index (χ0n) is 10.7. The van der Waals surface area contributed by atoms with Gasteiger partial charge in [-0.25, -0.2) is 4.98 Å². The summed E-state index contributed by atoms with van der Waals surface area (Å²) in [6.07, 6.45) is 1.45. The Morgan fingerprint density at radius 2 is 2.05 bits per heavy atom. The van der Waals surface area contributed by atoms with Crippen molar-refractivity contribution in [2.45, 2.75) is 13.8 Å². The third kappa shape index (κ3) is 3.04. The maximum Gasteiger partial charge on any atom is 0.182 e. The summed E-state index contributed by atoms with van der Waals surface area (Å²) < 4.78 is 5.37. The second-order valence-electron chi connectivity index (χ2n) is 3.81. The van der Waals surface area contributed by atoms with E-state index in [-0.39, 0.29) is 0 Å². The van der Waals surface area contributed by atoms with Gasteiger partial charge >= 0.3 is 0 Å². The quantitative estimate of drug-likeness (QED) is 0.516. The topological polar surface area (TPSA) is 80.5 Å². The molecular weight excluding hydrogens is 244 g/mol. The van der Waals surface area contributed by atoms with Gasteiger partial charge in [0, 0.05) is 5.56 Å². The van der Waals surface area contributed by atoms with Crippen molar-refractivity contribution in [3.05, 3.63) is 36.2 Å². The summed E-state index contributed by atoms with van der Waals surface area (Å²) >= 11 is 0. The fraction of sp³-hybridized carbons (Fsp3) is 0.231. The first-order valence-electron chi connectivity index (χ1n) is 5.86. The molecule has 0 fully saturated rings. The van der Waals surface area contributed by atoms with Gasteiger partial charge in [0.15, 0.2) is 5.82 Å². The smallest absolute Gasteiger partial charge is 0.182 e. The van der Waals surface area contributed by atoms with Gasteiger partial charge in [0.1, 0.15) is 17.2 Å². The average Bonchev–Trinajstić information content (AvgIpc) is 2.48. The van der Waals surface area contributed by atoms with Crippen LogP contribution in [0.25, 0.3) is 11.4 Å². The lowest BCUT2D eigenvalue weighted by Gasteiger charge is -2.04. The molecule has 0 radical (unpaired) electrons. The van der Waals surface area contributed by atoms with Crippen LogP contribution in [0.4, 0.5) is 0 Å². The molecule has 19 heavy (non-hydrogen) atoms. The molecule has 2 aromatic rings. The molecule has 1 heterocycles. The van der Waals surface area contributed by atoms with E-state index in [1.54, 1.807) is 6.92 Å². The number of hydrogen-bond acceptors (Lipinski definition) is 6. The Morgan fingerprint density at radius 3 is 2.68 bits per heavy atom. The van der Waals surface area contributed by atoms with Gasteiger partial charge in [-0.3, -0.25) is 0 Å². The summed E-state index contributed by atoms with van der Waals surface area (Å²) in [5, 5.41) is 19.6. The SMILES string of the molecule is CCOc1ccc(-c2nncc(C(C)=NO)n2)cc1. The first-order valence-corrected chi connectivity index (χ1v) is 5.86. The summed E-state index contributed by atoms with van der Waals surface area (Å²) in [4.78, 5) is 4.28. The van der Waals surface area contributed by atoms with E-state index in [4.69, 9.17) is 9.94 Å². The predicted octanol–water partition coefficient (Wildman–Crippen LogP) is 2.14. The van der Waals surface area contributed by atoms with E-state index in [9.17, 15) is 0 Å². The number of nitrogens with zero attached hydrogens (tertiary/aromatic N) is 4. The molecule has 0 atom stereocenters. The van der Waals surface area contributed by atoms with Crippen LogP contribution in [0.3, 0.4) is 0 Å². The van der Waals surface area contributed by atoms with E-state index in [0.717, 1.165) is 11.3 Å². The third-order valence-corrected chi connectivity index (χ3v) is 2.50. The Kier molecular flexibility index (Phi) is 4.02. The van der Waals surface area contributed by atoms with Gasteiger partial charge < -0.3 is 9.94 Å². The van der Waals surface area contributed by atoms with Crippen LogP contribution >= 0.6 is 0 Å². The molecule has 1 N–H and O–H groups in total. The lowest BCUT2D eigenvalue weighted by Crippen LogP contribution is -2.03. The Balaban J connectivity index is 2.31. The lowest BCUT2D eigenvalue weighted by molar-refractivity contribution is 0.319. The van der Waals surface area contributed by atoms with Gasteiger partial charge in [0.2, 0.25) is 0 Å². The maximum atomic E-state index is 8.73. The van der Waals surface area contributed by atoms with Crippen molar-refractivity contribution >= 4 is 5.71 Å². The number of rotatable bonds is 4. The van der Waals surface area contributed by atoms with E-state index in [1.165, 1.54) is 6.20 Å². The molecule has 0 unspecified atom stereocenters. The Morgan fingerprint density at radius 1 is 1.32 bits per heavy atom. The van der Waals surface area contributed by atoms with Crippen LogP contribution in [0.1, 0.15) is 19.5 Å². The molecule has 0 aliphatic rings. The number of aromatic nitrogens is 3. The van der Waals surface area contributed by atoms with Crippen LogP contribution in [-0.2, 0) is 0 Å². The van der Waals surface area contributed by atoms with Gasteiger partial charge in [-0.1, -0.05) is 5.16 Å². The molecular formula is C13H14N4O2. The molecule has 0 saturated heterocycles. The largest absolute Gasteiger partial charge is 0.494 e. The number of hydrogen-bond donors (Lipinski definition) is 1. The Labute approximate surface area is 110 Å². The van der Waals surface area contributed by atoms with Crippen LogP contribution in [0.15, 0.2) is 35.6 Å². The van der Waals surface area contributed by atoms with Crippen LogP contribution in [0.5, 0.6) is 5.75 Å². The molecule has 6 heteroatoms. The molecule has 0 saturated carbocycles. The number of benzene rings is 1. The number of oxime groups is 1. The standard InChI is InChI=1S/C13H14N4O2/c1-3-19-11-6-4-10(5-7-11)13-15-12(8-14-16-13)9(2)17-18/h4-8,18H,3H2,1-2H3. The van der Waals surface area contributed by atoms with Crippen molar-refractivity contribution in [3.8, 4) is 17.1 Å². The molecule has 0 aliphatic carbocycles. The first kappa shape index (κ1) is 12.9. The monoisotopic (exact) mass is 258 g/mol. The van der Waals surface area contributed by atoms with Gasteiger partial charge in [-0.15, -0.1) is 5.10 Å². The summed E-state index contributed by atoms with van der Waals surface area (Å²) in [6.45, 7) is 4.20. The summed E-state index contributed by atoms with van der Waals surface area (Å²) in [5.74, 6) is 1.27. The zero-order valence-corrected chi connectivity index (χ0v) is 10.7. The zero-order chi connectivity index (χ0) is 13.7. The molecule has 6 nitrogen and oxygen atoms in total. The van der Waals surface area contributed by atoms with Crippen LogP contribution in [0.2, 0.25) is 0 Å². The highest BCUT2D eigenvalue weighted by Crippen LogP contribution is 2.19. The predicted molar refractivity (Wildman–Crippen MR) is 70.4 cm³/mol. The van der Waals surface area contributed by atoms with Crippen LogP contribution in [0, 0.1) is 0 Å². The third-order valence-electron chi connectivity index (χ3n) is 2.50. The van der Waals surface area contributed by atoms with E-state index >= 15 is 0 Å². The van der Waals surface area contributed by atoms with Crippen molar-refractivity contribution in [1.82, 2.24) is 15.2 Å². The molecule has 1 aromatic heterocycles. The van der Waals surface area contributed by atoms with E-state index in [0.29, 0.717) is 23.8 Å². The average molecular weight is 258 g/mol. The number of ether oxygens (including phenoxy) is 1. The van der Waals surface area contributed by atoms with Gasteiger partial charge in [0.05, 0.1) is 12.8 Å². The molecule has 98 valence electrons. The second-order valence-corrected chi connectivity index (χ2v) is 3.81. The molecule has 0 aliphatic heterocycles. The minimum absolute atomic E-state index is 0.391. The fourth-order valence-electron chi connectivity index (χ4n) is 1.52. The summed E-state index contributed by atoms with van der Waals surface area (Å²) in [5.41, 5.74) is 1.70. The van der Waals surface area contributed by atoms with Gasteiger partial charge in [0.25, 0.3) is 0 Å². The highest BCUT2D eigenvalue weighted by atomic mass is 16.5. The van der Waals surface area contributed by atoms with Gasteiger partial charge in [-0.05, 0) is 38.1 Å². The fourth-order valence-corrected chi connectivity index (χ4v) is 1.52.